The van der Waals surface area contributed by atoms with Crippen LogP contribution in [0.5, 0.6) is 0 Å². The van der Waals surface area contributed by atoms with Gasteiger partial charge in [0, 0.05) is 18.5 Å². The van der Waals surface area contributed by atoms with Gasteiger partial charge in [-0.25, -0.2) is 4.98 Å². The van der Waals surface area contributed by atoms with Gasteiger partial charge in [0.25, 0.3) is 0 Å². The molecule has 2 saturated carbocycles. The molecule has 2 aromatic rings. The maximum atomic E-state index is 4.64. The lowest BCUT2D eigenvalue weighted by atomic mass is 9.98. The molecule has 0 atom stereocenters. The Kier molecular flexibility index (Phi) is 3.25. The number of rotatable bonds is 6. The normalized spacial score (nSPS) is 18.4. The van der Waals surface area contributed by atoms with Crippen molar-refractivity contribution in [1.29, 1.82) is 0 Å². The maximum absolute atomic E-state index is 4.64. The molecule has 0 unspecified atom stereocenters. The van der Waals surface area contributed by atoms with E-state index in [0.29, 0.717) is 5.95 Å². The van der Waals surface area contributed by atoms with E-state index in [0.717, 1.165) is 34.9 Å². The van der Waals surface area contributed by atoms with Gasteiger partial charge >= 0.3 is 0 Å². The van der Waals surface area contributed by atoms with Crippen LogP contribution >= 0.6 is 11.3 Å². The first kappa shape index (κ1) is 13.3. The van der Waals surface area contributed by atoms with Crippen LogP contribution in [0.2, 0.25) is 0 Å². The van der Waals surface area contributed by atoms with E-state index >= 15 is 0 Å². The van der Waals surface area contributed by atoms with Crippen molar-refractivity contribution in [3.05, 3.63) is 10.9 Å². The molecule has 0 spiro atoms. The number of hydrogen-bond donors (Lipinski definition) is 2. The van der Waals surface area contributed by atoms with E-state index in [1.165, 1.54) is 35.9 Å². The first-order valence-corrected chi connectivity index (χ1v) is 8.76. The fourth-order valence-electron chi connectivity index (χ4n) is 3.27. The highest BCUT2D eigenvalue weighted by atomic mass is 32.1. The average molecular weight is 302 g/mol. The topological polar surface area (TPSA) is 49.8 Å². The van der Waals surface area contributed by atoms with E-state index in [1.807, 2.05) is 7.05 Å². The van der Waals surface area contributed by atoms with E-state index in [2.05, 4.69) is 33.6 Å². The zero-order valence-electron chi connectivity index (χ0n) is 12.6. The summed E-state index contributed by atoms with van der Waals surface area (Å²) in [5.41, 5.74) is 0. The molecule has 0 saturated heterocycles. The predicted octanol–water partition coefficient (Wildman–Crippen LogP) is 3.89. The summed E-state index contributed by atoms with van der Waals surface area (Å²) >= 11 is 1.74. The molecule has 2 N–H and O–H groups in total. The van der Waals surface area contributed by atoms with Gasteiger partial charge < -0.3 is 10.6 Å². The largest absolute Gasteiger partial charge is 0.369 e. The zero-order valence-corrected chi connectivity index (χ0v) is 13.5. The highest BCUT2D eigenvalue weighted by Crippen LogP contribution is 2.49. The molecule has 2 aliphatic rings. The van der Waals surface area contributed by atoms with E-state index in [4.69, 9.17) is 0 Å². The fraction of sp³-hybridized carbons (Fsp3) is 0.625. The first-order chi connectivity index (χ1) is 10.2. The molecule has 2 fully saturated rings. The molecule has 5 heteroatoms. The maximum Gasteiger partial charge on any atom is 0.225 e. The van der Waals surface area contributed by atoms with Gasteiger partial charge in [-0.1, -0.05) is 0 Å². The third-order valence-electron chi connectivity index (χ3n) is 4.70. The van der Waals surface area contributed by atoms with E-state index in [9.17, 15) is 0 Å². The summed E-state index contributed by atoms with van der Waals surface area (Å²) in [6.07, 6.45) is 5.73. The molecule has 4 rings (SSSR count). The number of aryl methyl sites for hydroxylation is 1. The van der Waals surface area contributed by atoms with Crippen molar-refractivity contribution in [2.45, 2.75) is 32.6 Å². The quantitative estimate of drug-likeness (QED) is 0.850. The molecule has 4 nitrogen and oxygen atoms in total. The standard InChI is InChI=1S/C16H22N4S/c1-9-7-12-14(19-16(17-2)20-15(12)21-9)18-8-13(10-3-4-10)11-5-6-11/h7,10-11,13H,3-6,8H2,1-2H3,(H2,17,18,19,20). The summed E-state index contributed by atoms with van der Waals surface area (Å²) < 4.78 is 0. The summed E-state index contributed by atoms with van der Waals surface area (Å²) in [7, 11) is 1.88. The Hall–Kier alpha value is -1.36. The number of hydrogen-bond acceptors (Lipinski definition) is 5. The molecule has 0 amide bonds. The lowest BCUT2D eigenvalue weighted by Crippen LogP contribution is -2.19. The summed E-state index contributed by atoms with van der Waals surface area (Å²) in [4.78, 5) is 11.6. The van der Waals surface area contributed by atoms with Crippen molar-refractivity contribution < 1.29 is 0 Å². The Morgan fingerprint density at radius 3 is 2.57 bits per heavy atom. The van der Waals surface area contributed by atoms with Crippen molar-refractivity contribution in [3.8, 4) is 0 Å². The minimum Gasteiger partial charge on any atom is -0.369 e. The van der Waals surface area contributed by atoms with Crippen LogP contribution in [0.25, 0.3) is 10.2 Å². The van der Waals surface area contributed by atoms with Crippen molar-refractivity contribution in [1.82, 2.24) is 9.97 Å². The number of anilines is 2. The van der Waals surface area contributed by atoms with Crippen LogP contribution in [0.15, 0.2) is 6.07 Å². The Labute approximate surface area is 129 Å². The molecule has 2 heterocycles. The second-order valence-electron chi connectivity index (χ2n) is 6.44. The van der Waals surface area contributed by atoms with Crippen LogP contribution < -0.4 is 10.6 Å². The second-order valence-corrected chi connectivity index (χ2v) is 7.68. The van der Waals surface area contributed by atoms with Gasteiger partial charge in [0.1, 0.15) is 10.6 Å². The Balaban J connectivity index is 1.59. The van der Waals surface area contributed by atoms with Gasteiger partial charge in [-0.05, 0) is 56.4 Å². The molecule has 0 aromatic carbocycles. The molecular weight excluding hydrogens is 280 g/mol. The van der Waals surface area contributed by atoms with Gasteiger partial charge in [-0.3, -0.25) is 0 Å². The predicted molar refractivity (Wildman–Crippen MR) is 89.1 cm³/mol. The number of nitrogens with zero attached hydrogens (tertiary/aromatic N) is 2. The van der Waals surface area contributed by atoms with Crippen LogP contribution in [0.4, 0.5) is 11.8 Å². The molecule has 2 aliphatic carbocycles. The SMILES string of the molecule is CNc1nc(NCC(C2CC2)C2CC2)c2cc(C)sc2n1. The van der Waals surface area contributed by atoms with Crippen LogP contribution in [0.1, 0.15) is 30.6 Å². The summed E-state index contributed by atoms with van der Waals surface area (Å²) in [5.74, 6) is 4.50. The molecule has 2 aromatic heterocycles. The van der Waals surface area contributed by atoms with Crippen LogP contribution in [0, 0.1) is 24.7 Å². The lowest BCUT2D eigenvalue weighted by Gasteiger charge is -2.17. The van der Waals surface area contributed by atoms with Gasteiger partial charge in [0.05, 0.1) is 5.39 Å². The van der Waals surface area contributed by atoms with Crippen molar-refractivity contribution in [3.63, 3.8) is 0 Å². The van der Waals surface area contributed by atoms with Crippen LogP contribution in [-0.4, -0.2) is 23.6 Å². The smallest absolute Gasteiger partial charge is 0.225 e. The number of nitrogens with one attached hydrogen (secondary N) is 2. The number of aromatic nitrogens is 2. The van der Waals surface area contributed by atoms with E-state index in [1.54, 1.807) is 11.3 Å². The number of fused-ring (bicyclic) bond motifs is 1. The van der Waals surface area contributed by atoms with Crippen molar-refractivity contribution in [2.75, 3.05) is 24.2 Å². The fourth-order valence-corrected chi connectivity index (χ4v) is 4.15. The molecule has 0 radical (unpaired) electrons. The molecular formula is C16H22N4S. The van der Waals surface area contributed by atoms with E-state index in [-0.39, 0.29) is 0 Å². The molecule has 21 heavy (non-hydrogen) atoms. The minimum absolute atomic E-state index is 0.709. The summed E-state index contributed by atoms with van der Waals surface area (Å²) in [6.45, 7) is 3.20. The van der Waals surface area contributed by atoms with Gasteiger partial charge in [-0.2, -0.15) is 4.98 Å². The summed E-state index contributed by atoms with van der Waals surface area (Å²) in [5, 5.41) is 7.87. The Morgan fingerprint density at radius 1 is 1.24 bits per heavy atom. The Morgan fingerprint density at radius 2 is 1.95 bits per heavy atom. The highest BCUT2D eigenvalue weighted by molar-refractivity contribution is 7.18. The second kappa shape index (κ2) is 5.13. The van der Waals surface area contributed by atoms with Crippen molar-refractivity contribution >= 4 is 33.3 Å². The first-order valence-electron chi connectivity index (χ1n) is 7.94. The highest BCUT2D eigenvalue weighted by Gasteiger charge is 2.41. The average Bonchev–Trinajstić information content (AvgIpc) is 3.37. The minimum atomic E-state index is 0.709. The molecule has 112 valence electrons. The molecule has 0 aliphatic heterocycles. The van der Waals surface area contributed by atoms with E-state index < -0.39 is 0 Å². The van der Waals surface area contributed by atoms with Crippen LogP contribution in [0.3, 0.4) is 0 Å². The van der Waals surface area contributed by atoms with Crippen LogP contribution in [-0.2, 0) is 0 Å². The molecule has 0 bridgehead atoms. The zero-order chi connectivity index (χ0) is 14.4. The third kappa shape index (κ3) is 2.71. The number of thiophene rings is 1. The Bertz CT molecular complexity index is 646. The monoisotopic (exact) mass is 302 g/mol. The van der Waals surface area contributed by atoms with Gasteiger partial charge in [-0.15, -0.1) is 11.3 Å². The summed E-state index contributed by atoms with van der Waals surface area (Å²) in [6, 6.07) is 2.20. The van der Waals surface area contributed by atoms with Gasteiger partial charge in [0.15, 0.2) is 0 Å². The van der Waals surface area contributed by atoms with Crippen molar-refractivity contribution in [2.24, 2.45) is 17.8 Å². The lowest BCUT2D eigenvalue weighted by molar-refractivity contribution is 0.428. The van der Waals surface area contributed by atoms with Gasteiger partial charge in [0.2, 0.25) is 5.95 Å². The third-order valence-corrected chi connectivity index (χ3v) is 5.64.